The van der Waals surface area contributed by atoms with Gasteiger partial charge in [0, 0.05) is 33.3 Å². The van der Waals surface area contributed by atoms with Gasteiger partial charge in [-0.1, -0.05) is 41.1 Å². The number of anilines is 1. The summed E-state index contributed by atoms with van der Waals surface area (Å²) in [6, 6.07) is 13.3. The van der Waals surface area contributed by atoms with Crippen LogP contribution >= 0.6 is 0 Å². The third kappa shape index (κ3) is 8.35. The number of rotatable bonds is 11. The van der Waals surface area contributed by atoms with Gasteiger partial charge in [-0.3, -0.25) is 24.0 Å². The molecular formula is C31H35N3O11. The number of ether oxygens (including phenoxy) is 5. The largest absolute Gasteiger partial charge is 0.492 e. The van der Waals surface area contributed by atoms with Gasteiger partial charge in [0.15, 0.2) is 17.9 Å². The predicted molar refractivity (Wildman–Crippen MR) is 157 cm³/mol. The zero-order chi connectivity index (χ0) is 32.7. The van der Waals surface area contributed by atoms with E-state index in [1.54, 1.807) is 24.3 Å². The molecule has 5 atom stereocenters. The van der Waals surface area contributed by atoms with Crippen molar-refractivity contribution in [2.75, 3.05) is 24.7 Å². The summed E-state index contributed by atoms with van der Waals surface area (Å²) in [5.41, 5.74) is 2.11. The van der Waals surface area contributed by atoms with Gasteiger partial charge in [0.05, 0.1) is 12.2 Å². The van der Waals surface area contributed by atoms with Crippen molar-refractivity contribution in [3.05, 3.63) is 59.7 Å². The molecule has 0 aromatic heterocycles. The summed E-state index contributed by atoms with van der Waals surface area (Å²) in [6.45, 7) is 6.63. The van der Waals surface area contributed by atoms with Crippen LogP contribution in [0.4, 0.5) is 5.69 Å². The fourth-order valence-electron chi connectivity index (χ4n) is 4.95. The van der Waals surface area contributed by atoms with Crippen LogP contribution in [-0.2, 0) is 47.8 Å². The Balaban J connectivity index is 1.61. The van der Waals surface area contributed by atoms with Gasteiger partial charge in [-0.05, 0) is 25.1 Å². The predicted octanol–water partition coefficient (Wildman–Crippen LogP) is 1.80. The number of carbonyl (C=O) groups is 5. The van der Waals surface area contributed by atoms with E-state index in [9.17, 15) is 24.0 Å². The summed E-state index contributed by atoms with van der Waals surface area (Å²) in [4.78, 5) is 68.7. The summed E-state index contributed by atoms with van der Waals surface area (Å²) in [5.74, 6) is -2.51. The number of hydrogen-bond acceptors (Lipinski definition) is 12. The molecule has 2 aliphatic rings. The van der Waals surface area contributed by atoms with Crippen LogP contribution in [0, 0.1) is 6.92 Å². The van der Waals surface area contributed by atoms with Crippen molar-refractivity contribution in [3.63, 3.8) is 0 Å². The first-order chi connectivity index (χ1) is 21.4. The molecule has 14 nitrogen and oxygen atoms in total. The number of esters is 3. The van der Waals surface area contributed by atoms with E-state index in [-0.39, 0.29) is 18.9 Å². The number of hydrogen-bond donors (Lipinski definition) is 1. The fraction of sp³-hybridized carbons (Fsp3) is 0.419. The molecule has 2 aromatic carbocycles. The number of aryl methyl sites for hydroxylation is 1. The summed E-state index contributed by atoms with van der Waals surface area (Å²) in [6.07, 6.45) is -5.30. The van der Waals surface area contributed by atoms with Gasteiger partial charge in [-0.2, -0.15) is 0 Å². The van der Waals surface area contributed by atoms with Crippen molar-refractivity contribution >= 4 is 41.1 Å². The van der Waals surface area contributed by atoms with Crippen LogP contribution in [0.15, 0.2) is 53.7 Å². The van der Waals surface area contributed by atoms with E-state index >= 15 is 0 Å². The molecule has 2 aliphatic heterocycles. The molecule has 1 fully saturated rings. The monoisotopic (exact) mass is 625 g/mol. The van der Waals surface area contributed by atoms with Gasteiger partial charge >= 0.3 is 17.9 Å². The first-order valence-electron chi connectivity index (χ1n) is 14.2. The number of nitrogens with zero attached hydrogens (tertiary/aromatic N) is 2. The van der Waals surface area contributed by atoms with E-state index in [2.05, 4.69) is 10.5 Å². The van der Waals surface area contributed by atoms with E-state index < -0.39 is 67.0 Å². The number of amides is 2. The van der Waals surface area contributed by atoms with Crippen molar-refractivity contribution in [1.29, 1.82) is 0 Å². The second-order valence-electron chi connectivity index (χ2n) is 10.4. The molecule has 2 heterocycles. The number of carbonyl (C=O) groups excluding carboxylic acids is 5. The molecule has 45 heavy (non-hydrogen) atoms. The Morgan fingerprint density at radius 3 is 2.22 bits per heavy atom. The quantitative estimate of drug-likeness (QED) is 0.220. The third-order valence-electron chi connectivity index (χ3n) is 6.82. The zero-order valence-electron chi connectivity index (χ0n) is 25.5. The van der Waals surface area contributed by atoms with E-state index in [0.717, 1.165) is 19.4 Å². The number of para-hydroxylation sites is 1. The van der Waals surface area contributed by atoms with Crippen molar-refractivity contribution in [2.24, 2.45) is 5.16 Å². The summed E-state index contributed by atoms with van der Waals surface area (Å²) >= 11 is 0. The van der Waals surface area contributed by atoms with Crippen LogP contribution in [0.25, 0.3) is 0 Å². The molecule has 1 N–H and O–H groups in total. The fourth-order valence-corrected chi connectivity index (χ4v) is 4.95. The van der Waals surface area contributed by atoms with Gasteiger partial charge in [-0.25, -0.2) is 0 Å². The minimum atomic E-state index is -1.48. The minimum Gasteiger partial charge on any atom is -0.492 e. The Kier molecular flexibility index (Phi) is 10.7. The Morgan fingerprint density at radius 1 is 0.911 bits per heavy atom. The Morgan fingerprint density at radius 2 is 1.58 bits per heavy atom. The summed E-state index contributed by atoms with van der Waals surface area (Å²) in [7, 11) is 0. The van der Waals surface area contributed by atoms with Crippen molar-refractivity contribution < 1.29 is 52.5 Å². The number of oxime groups is 1. The van der Waals surface area contributed by atoms with Crippen molar-refractivity contribution in [3.8, 4) is 5.75 Å². The summed E-state index contributed by atoms with van der Waals surface area (Å²) < 4.78 is 27.8. The molecule has 2 aromatic rings. The molecule has 0 spiro atoms. The van der Waals surface area contributed by atoms with E-state index in [1.165, 1.54) is 18.7 Å². The lowest BCUT2D eigenvalue weighted by atomic mass is 9.96. The highest BCUT2D eigenvalue weighted by atomic mass is 16.8. The topological polar surface area (TPSA) is 168 Å². The maximum atomic E-state index is 13.6. The van der Waals surface area contributed by atoms with Gasteiger partial charge in [-0.15, -0.1) is 0 Å². The van der Waals surface area contributed by atoms with Crippen LogP contribution < -0.4 is 15.0 Å². The van der Waals surface area contributed by atoms with Crippen molar-refractivity contribution in [2.45, 2.75) is 65.3 Å². The van der Waals surface area contributed by atoms with Gasteiger partial charge in [0.1, 0.15) is 31.1 Å². The number of nitrogens with one attached hydrogen (secondary N) is 1. The van der Waals surface area contributed by atoms with E-state index in [0.29, 0.717) is 17.0 Å². The lowest BCUT2D eigenvalue weighted by Crippen LogP contribution is -2.66. The standard InChI is InChI=1S/C31H35N3O11/c1-17-10-12-22(13-11-17)40-15-14-34-24-9-7-6-8-23(24)26(30(34)39)33-45-31-27(32-18(2)35)29(43-21(5)38)28(42-20(4)37)25(44-31)16-41-19(3)36/h6-13,25,27-29,31H,14-16H2,1-5H3,(H,32,35)/t25-,27-,28-,29-,31+/m1/s1. The molecule has 0 unspecified atom stereocenters. The molecule has 0 bridgehead atoms. The maximum Gasteiger partial charge on any atom is 0.303 e. The molecule has 0 aliphatic carbocycles. The average molecular weight is 626 g/mol. The Hall–Kier alpha value is -4.98. The molecule has 4 rings (SSSR count). The molecule has 2 amide bonds. The Labute approximate surface area is 259 Å². The Bertz CT molecular complexity index is 1460. The van der Waals surface area contributed by atoms with Gasteiger partial charge in [0.2, 0.25) is 5.91 Å². The lowest BCUT2D eigenvalue weighted by molar-refractivity contribution is -0.278. The van der Waals surface area contributed by atoms with Crippen LogP contribution in [0.3, 0.4) is 0 Å². The molecule has 14 heteroatoms. The minimum absolute atomic E-state index is 0.0474. The highest BCUT2D eigenvalue weighted by Gasteiger charge is 2.52. The zero-order valence-corrected chi connectivity index (χ0v) is 25.5. The van der Waals surface area contributed by atoms with Gasteiger partial charge < -0.3 is 38.7 Å². The lowest BCUT2D eigenvalue weighted by Gasteiger charge is -2.43. The second-order valence-corrected chi connectivity index (χ2v) is 10.4. The highest BCUT2D eigenvalue weighted by molar-refractivity contribution is 6.54. The molecule has 0 radical (unpaired) electrons. The van der Waals surface area contributed by atoms with E-state index in [1.807, 2.05) is 31.2 Å². The summed E-state index contributed by atoms with van der Waals surface area (Å²) in [5, 5.41) is 6.73. The van der Waals surface area contributed by atoms with Crippen LogP contribution in [0.1, 0.15) is 38.8 Å². The average Bonchev–Trinajstić information content (AvgIpc) is 3.24. The van der Waals surface area contributed by atoms with Gasteiger partial charge in [0.25, 0.3) is 12.2 Å². The normalized spacial score (nSPS) is 23.1. The molecule has 240 valence electrons. The van der Waals surface area contributed by atoms with Crippen LogP contribution in [0.2, 0.25) is 0 Å². The number of benzene rings is 2. The first-order valence-corrected chi connectivity index (χ1v) is 14.2. The van der Waals surface area contributed by atoms with Crippen LogP contribution in [-0.4, -0.2) is 85.8 Å². The third-order valence-corrected chi connectivity index (χ3v) is 6.82. The van der Waals surface area contributed by atoms with Crippen LogP contribution in [0.5, 0.6) is 5.75 Å². The second kappa shape index (κ2) is 14.7. The first kappa shape index (κ1) is 32.9. The number of fused-ring (bicyclic) bond motifs is 1. The molecular weight excluding hydrogens is 590 g/mol. The SMILES string of the molecule is CC(=O)N[C@H]1[C@H](ON=C2C(=O)N(CCOc3ccc(C)cc3)c3ccccc32)O[C@H](COC(C)=O)[C@@H](OC(C)=O)[C@@H]1OC(C)=O. The maximum absolute atomic E-state index is 13.6. The molecule has 0 saturated carbocycles. The highest BCUT2D eigenvalue weighted by Crippen LogP contribution is 2.31. The van der Waals surface area contributed by atoms with E-state index in [4.69, 9.17) is 28.5 Å². The van der Waals surface area contributed by atoms with Crippen molar-refractivity contribution in [1.82, 2.24) is 5.32 Å². The molecule has 1 saturated heterocycles. The smallest absolute Gasteiger partial charge is 0.303 e.